The van der Waals surface area contributed by atoms with Crippen molar-refractivity contribution in [3.05, 3.63) is 35.9 Å². The number of methoxy groups -OCH3 is 1. The van der Waals surface area contributed by atoms with Crippen molar-refractivity contribution in [1.82, 2.24) is 10.6 Å². The highest BCUT2D eigenvalue weighted by atomic mass is 16.5. The van der Waals surface area contributed by atoms with Crippen molar-refractivity contribution >= 4 is 24.3 Å². The zero-order chi connectivity index (χ0) is 17.2. The number of hydrogen-bond donors (Lipinski definition) is 3. The van der Waals surface area contributed by atoms with E-state index in [0.717, 1.165) is 5.56 Å². The molecule has 8 heteroatoms. The highest BCUT2D eigenvalue weighted by Gasteiger charge is 2.27. The Balaban J connectivity index is 2.82. The molecule has 0 aromatic heterocycles. The van der Waals surface area contributed by atoms with Crippen molar-refractivity contribution in [1.29, 1.82) is 0 Å². The summed E-state index contributed by atoms with van der Waals surface area (Å²) in [6.07, 6.45) is -0.179. The Labute approximate surface area is 132 Å². The first-order valence-corrected chi connectivity index (χ1v) is 6.81. The normalized spacial score (nSPS) is 12.6. The van der Waals surface area contributed by atoms with Crippen LogP contribution in [0.25, 0.3) is 0 Å². The summed E-state index contributed by atoms with van der Waals surface area (Å²) in [6.45, 7) is 0. The molecule has 0 saturated carbocycles. The summed E-state index contributed by atoms with van der Waals surface area (Å²) in [5.74, 6) is -2.69. The predicted octanol–water partition coefficient (Wildman–Crippen LogP) is -0.524. The minimum atomic E-state index is -1.27. The number of amides is 2. The second-order valence-corrected chi connectivity index (χ2v) is 4.71. The minimum absolute atomic E-state index is 0.181. The van der Waals surface area contributed by atoms with E-state index in [4.69, 9.17) is 5.11 Å². The summed E-state index contributed by atoms with van der Waals surface area (Å²) in [6, 6.07) is 6.68. The van der Waals surface area contributed by atoms with Gasteiger partial charge in [0.05, 0.1) is 13.5 Å². The molecule has 23 heavy (non-hydrogen) atoms. The van der Waals surface area contributed by atoms with Crippen LogP contribution in [0.5, 0.6) is 0 Å². The highest BCUT2D eigenvalue weighted by Crippen LogP contribution is 2.05. The molecule has 0 aliphatic rings. The van der Waals surface area contributed by atoms with Crippen molar-refractivity contribution in [2.75, 3.05) is 7.11 Å². The van der Waals surface area contributed by atoms with Gasteiger partial charge in [0, 0.05) is 6.42 Å². The van der Waals surface area contributed by atoms with Crippen LogP contribution in [0.4, 0.5) is 0 Å². The first-order chi connectivity index (χ1) is 11.0. The zero-order valence-corrected chi connectivity index (χ0v) is 12.5. The molecule has 0 aliphatic carbocycles. The van der Waals surface area contributed by atoms with Gasteiger partial charge in [0.1, 0.15) is 12.1 Å². The lowest BCUT2D eigenvalue weighted by Gasteiger charge is -2.20. The number of nitrogens with one attached hydrogen (secondary N) is 2. The number of carbonyl (C=O) groups excluding carboxylic acids is 3. The summed E-state index contributed by atoms with van der Waals surface area (Å²) in [4.78, 5) is 45.1. The maximum Gasteiger partial charge on any atom is 0.328 e. The van der Waals surface area contributed by atoms with E-state index in [0.29, 0.717) is 0 Å². The average Bonchev–Trinajstić information content (AvgIpc) is 2.53. The van der Waals surface area contributed by atoms with Crippen molar-refractivity contribution in [3.8, 4) is 0 Å². The first-order valence-electron chi connectivity index (χ1n) is 6.81. The van der Waals surface area contributed by atoms with Gasteiger partial charge in [-0.2, -0.15) is 0 Å². The van der Waals surface area contributed by atoms with Crippen LogP contribution in [0.1, 0.15) is 12.0 Å². The van der Waals surface area contributed by atoms with Crippen molar-refractivity contribution in [3.63, 3.8) is 0 Å². The highest BCUT2D eigenvalue weighted by molar-refractivity contribution is 5.91. The molecule has 2 amide bonds. The summed E-state index contributed by atoms with van der Waals surface area (Å²) in [7, 11) is 1.19. The van der Waals surface area contributed by atoms with Gasteiger partial charge in [0.2, 0.25) is 12.3 Å². The predicted molar refractivity (Wildman–Crippen MR) is 79.3 cm³/mol. The fourth-order valence-corrected chi connectivity index (χ4v) is 1.94. The third-order valence-electron chi connectivity index (χ3n) is 3.05. The molecule has 0 spiro atoms. The van der Waals surface area contributed by atoms with Gasteiger partial charge in [-0.25, -0.2) is 4.79 Å². The Morgan fingerprint density at radius 1 is 1.22 bits per heavy atom. The number of aliphatic carboxylic acids is 1. The Bertz CT molecular complexity index is 560. The van der Waals surface area contributed by atoms with E-state index in [9.17, 15) is 19.2 Å². The van der Waals surface area contributed by atoms with Gasteiger partial charge in [-0.05, 0) is 5.56 Å². The van der Waals surface area contributed by atoms with E-state index in [2.05, 4.69) is 15.4 Å². The summed E-state index contributed by atoms with van der Waals surface area (Å²) < 4.78 is 4.65. The lowest BCUT2D eigenvalue weighted by atomic mass is 10.1. The largest absolute Gasteiger partial charge is 0.481 e. The second-order valence-electron chi connectivity index (χ2n) is 4.71. The number of carboxylic acid groups (broad SMARTS) is 1. The molecule has 0 fully saturated rings. The fraction of sp³-hybridized carbons (Fsp3) is 0.333. The van der Waals surface area contributed by atoms with Crippen LogP contribution in [0, 0.1) is 0 Å². The average molecular weight is 322 g/mol. The van der Waals surface area contributed by atoms with E-state index < -0.39 is 36.4 Å². The molecule has 0 heterocycles. The maximum absolute atomic E-state index is 12.1. The first kappa shape index (κ1) is 18.1. The van der Waals surface area contributed by atoms with Crippen LogP contribution >= 0.6 is 0 Å². The van der Waals surface area contributed by atoms with Gasteiger partial charge in [0.25, 0.3) is 0 Å². The SMILES string of the molecule is COC(=O)C(Cc1ccccc1)NC(=O)C(CC(=O)O)NC=O. The van der Waals surface area contributed by atoms with E-state index >= 15 is 0 Å². The number of benzene rings is 1. The zero-order valence-electron chi connectivity index (χ0n) is 12.5. The molecule has 1 rings (SSSR count). The second kappa shape index (κ2) is 9.19. The molecular weight excluding hydrogens is 304 g/mol. The Kier molecular flexibility index (Phi) is 7.25. The Morgan fingerprint density at radius 2 is 1.87 bits per heavy atom. The van der Waals surface area contributed by atoms with Crippen LogP contribution in [0.15, 0.2) is 30.3 Å². The van der Waals surface area contributed by atoms with Gasteiger partial charge in [0.15, 0.2) is 0 Å². The molecule has 0 aliphatic heterocycles. The number of esters is 1. The van der Waals surface area contributed by atoms with Crippen molar-refractivity contribution < 1.29 is 29.0 Å². The number of hydrogen-bond acceptors (Lipinski definition) is 5. The smallest absolute Gasteiger partial charge is 0.328 e. The minimum Gasteiger partial charge on any atom is -0.481 e. The van der Waals surface area contributed by atoms with E-state index in [-0.39, 0.29) is 12.8 Å². The van der Waals surface area contributed by atoms with Crippen molar-refractivity contribution in [2.45, 2.75) is 24.9 Å². The molecule has 2 atom stereocenters. The van der Waals surface area contributed by atoms with Crippen LogP contribution in [-0.4, -0.2) is 48.6 Å². The van der Waals surface area contributed by atoms with Gasteiger partial charge >= 0.3 is 11.9 Å². The number of carbonyl (C=O) groups is 4. The number of carboxylic acids is 1. The van der Waals surface area contributed by atoms with Gasteiger partial charge in [-0.15, -0.1) is 0 Å². The maximum atomic E-state index is 12.1. The topological polar surface area (TPSA) is 122 Å². The number of rotatable bonds is 9. The van der Waals surface area contributed by atoms with Crippen LogP contribution in [0.2, 0.25) is 0 Å². The van der Waals surface area contributed by atoms with Crippen LogP contribution in [-0.2, 0) is 30.3 Å². The molecule has 1 aromatic rings. The Hall–Kier alpha value is -2.90. The van der Waals surface area contributed by atoms with E-state index in [1.54, 1.807) is 24.3 Å². The number of ether oxygens (including phenoxy) is 1. The standard InChI is InChI=1S/C15H18N2O6/c1-23-15(22)12(7-10-5-3-2-4-6-10)17-14(21)11(16-9-18)8-13(19)20/h2-6,9,11-12H,7-8H2,1H3,(H,16,18)(H,17,21)(H,19,20). The molecule has 0 radical (unpaired) electrons. The monoisotopic (exact) mass is 322 g/mol. The molecular formula is C15H18N2O6. The van der Waals surface area contributed by atoms with Crippen molar-refractivity contribution in [2.24, 2.45) is 0 Å². The quantitative estimate of drug-likeness (QED) is 0.415. The van der Waals surface area contributed by atoms with Gasteiger partial charge < -0.3 is 20.5 Å². The molecule has 0 saturated heterocycles. The molecule has 3 N–H and O–H groups in total. The summed E-state index contributed by atoms with van der Waals surface area (Å²) in [5, 5.41) is 13.3. The van der Waals surface area contributed by atoms with Gasteiger partial charge in [-0.3, -0.25) is 14.4 Å². The third-order valence-corrected chi connectivity index (χ3v) is 3.05. The lowest BCUT2D eigenvalue weighted by Crippen LogP contribution is -2.51. The fourth-order valence-electron chi connectivity index (χ4n) is 1.94. The van der Waals surface area contributed by atoms with E-state index in [1.165, 1.54) is 7.11 Å². The molecule has 124 valence electrons. The molecule has 1 aromatic carbocycles. The third kappa shape index (κ3) is 6.16. The van der Waals surface area contributed by atoms with Gasteiger partial charge in [-0.1, -0.05) is 30.3 Å². The Morgan fingerprint density at radius 3 is 2.39 bits per heavy atom. The summed E-state index contributed by atoms with van der Waals surface area (Å²) in [5.41, 5.74) is 0.793. The van der Waals surface area contributed by atoms with E-state index in [1.807, 2.05) is 6.07 Å². The lowest BCUT2D eigenvalue weighted by molar-refractivity contribution is -0.145. The summed E-state index contributed by atoms with van der Waals surface area (Å²) >= 11 is 0. The molecule has 0 bridgehead atoms. The molecule has 8 nitrogen and oxygen atoms in total. The molecule has 2 unspecified atom stereocenters. The van der Waals surface area contributed by atoms with Crippen LogP contribution < -0.4 is 10.6 Å². The van der Waals surface area contributed by atoms with Crippen LogP contribution in [0.3, 0.4) is 0 Å².